The van der Waals surface area contributed by atoms with Crippen LogP contribution in [0.5, 0.6) is 0 Å². The summed E-state index contributed by atoms with van der Waals surface area (Å²) in [6.45, 7) is 10.5. The highest BCUT2D eigenvalue weighted by molar-refractivity contribution is 7.24. The highest BCUT2D eigenvalue weighted by Gasteiger charge is 2.26. The number of fused-ring (bicyclic) bond motifs is 5. The second-order valence-corrected chi connectivity index (χ2v) is 19.9. The summed E-state index contributed by atoms with van der Waals surface area (Å²) < 4.78 is 38.4. The van der Waals surface area contributed by atoms with Crippen molar-refractivity contribution in [1.82, 2.24) is 9.13 Å². The highest BCUT2D eigenvalue weighted by Crippen LogP contribution is 2.47. The SMILES string of the molecule is CCCCCCc1cc(-c2cc3c(cc2F)c2c(c4cc(F)c(-c5cc(CCCCCC)c(-c6cccs6)s5)cc4n2CCCC)n3CCCC)sc1-c1cccs1. The van der Waals surface area contributed by atoms with Crippen molar-refractivity contribution in [3.05, 3.63) is 94.2 Å². The number of unbranched alkanes of at least 4 members (excludes halogenated alkanes) is 8. The number of nitrogens with zero attached hydrogens (tertiary/aromatic N) is 2. The third-order valence-corrected chi connectivity index (χ3v) is 16.3. The molecule has 0 aliphatic carbocycles. The van der Waals surface area contributed by atoms with Crippen LogP contribution in [0.15, 0.2) is 71.4 Å². The van der Waals surface area contributed by atoms with E-state index < -0.39 is 0 Å². The molecule has 0 N–H and O–H groups in total. The van der Waals surface area contributed by atoms with E-state index in [0.29, 0.717) is 11.1 Å². The van der Waals surface area contributed by atoms with Crippen LogP contribution < -0.4 is 0 Å². The fraction of sp³-hybridized carbons (Fsp3) is 0.400. The predicted molar refractivity (Wildman–Crippen MR) is 254 cm³/mol. The Morgan fingerprint density at radius 2 is 0.914 bits per heavy atom. The number of hydrogen-bond acceptors (Lipinski definition) is 4. The number of rotatable bonds is 20. The van der Waals surface area contributed by atoms with Crippen LogP contribution >= 0.6 is 45.3 Å². The number of halogens is 2. The molecule has 2 aromatic carbocycles. The molecule has 0 bridgehead atoms. The third-order valence-electron chi connectivity index (χ3n) is 11.7. The van der Waals surface area contributed by atoms with Gasteiger partial charge in [0.1, 0.15) is 11.6 Å². The normalized spacial score (nSPS) is 12.0. The Morgan fingerprint density at radius 1 is 0.483 bits per heavy atom. The third kappa shape index (κ3) is 8.16. The van der Waals surface area contributed by atoms with Gasteiger partial charge in [0.2, 0.25) is 0 Å². The number of thiophene rings is 4. The maximum absolute atomic E-state index is 16.8. The zero-order chi connectivity index (χ0) is 40.2. The average Bonchev–Trinajstić information content (AvgIpc) is 4.09. The summed E-state index contributed by atoms with van der Waals surface area (Å²) in [4.78, 5) is 7.02. The van der Waals surface area contributed by atoms with Gasteiger partial charge in [-0.25, -0.2) is 8.78 Å². The van der Waals surface area contributed by atoms with Crippen molar-refractivity contribution in [1.29, 1.82) is 0 Å². The van der Waals surface area contributed by atoms with Gasteiger partial charge in [-0.2, -0.15) is 0 Å². The van der Waals surface area contributed by atoms with Crippen molar-refractivity contribution in [2.45, 2.75) is 131 Å². The topological polar surface area (TPSA) is 9.86 Å². The molecule has 0 spiro atoms. The van der Waals surface area contributed by atoms with Crippen molar-refractivity contribution >= 4 is 78.2 Å². The van der Waals surface area contributed by atoms with Gasteiger partial charge >= 0.3 is 0 Å². The number of aryl methyl sites for hydroxylation is 4. The van der Waals surface area contributed by atoms with Crippen LogP contribution in [0.4, 0.5) is 8.78 Å². The minimum Gasteiger partial charge on any atom is -0.339 e. The van der Waals surface area contributed by atoms with E-state index in [1.54, 1.807) is 57.5 Å². The number of benzene rings is 2. The molecule has 0 saturated carbocycles. The van der Waals surface area contributed by atoms with E-state index in [-0.39, 0.29) is 11.6 Å². The van der Waals surface area contributed by atoms with Crippen molar-refractivity contribution in [3.8, 4) is 40.4 Å². The van der Waals surface area contributed by atoms with Crippen LogP contribution in [0, 0.1) is 11.6 Å². The first-order valence-electron chi connectivity index (χ1n) is 21.8. The van der Waals surface area contributed by atoms with E-state index in [1.807, 2.05) is 0 Å². The first kappa shape index (κ1) is 41.2. The average molecular weight is 851 g/mol. The monoisotopic (exact) mass is 850 g/mol. The molecule has 0 saturated heterocycles. The number of aromatic nitrogens is 2. The van der Waals surface area contributed by atoms with Crippen LogP contribution in [-0.2, 0) is 25.9 Å². The highest BCUT2D eigenvalue weighted by atomic mass is 32.1. The van der Waals surface area contributed by atoms with E-state index >= 15 is 8.78 Å². The Hall–Kier alpha value is -3.56. The molecule has 0 aliphatic heterocycles. The molecule has 2 nitrogen and oxygen atoms in total. The van der Waals surface area contributed by atoms with E-state index in [2.05, 4.69) is 96.1 Å². The van der Waals surface area contributed by atoms with Crippen molar-refractivity contribution in [2.75, 3.05) is 0 Å². The largest absolute Gasteiger partial charge is 0.339 e. The lowest BCUT2D eigenvalue weighted by atomic mass is 10.0. The molecule has 6 heterocycles. The summed E-state index contributed by atoms with van der Waals surface area (Å²) in [6.07, 6.45) is 15.7. The molecule has 0 radical (unpaired) electrons. The molecular weight excluding hydrogens is 795 g/mol. The summed E-state index contributed by atoms with van der Waals surface area (Å²) in [5.74, 6) is -0.382. The van der Waals surface area contributed by atoms with Gasteiger partial charge in [-0.1, -0.05) is 91.2 Å². The fourth-order valence-corrected chi connectivity index (χ4v) is 12.9. The Bertz CT molecular complexity index is 2420. The molecule has 8 heteroatoms. The minimum absolute atomic E-state index is 0.191. The smallest absolute Gasteiger partial charge is 0.132 e. The summed E-state index contributed by atoms with van der Waals surface area (Å²) in [5.41, 5.74) is 8.10. The first-order valence-corrected chi connectivity index (χ1v) is 25.2. The molecule has 0 aliphatic rings. The van der Waals surface area contributed by atoms with Crippen LogP contribution in [0.1, 0.15) is 116 Å². The van der Waals surface area contributed by atoms with E-state index in [1.165, 1.54) is 69.2 Å². The molecule has 0 unspecified atom stereocenters. The number of hydrogen-bond donors (Lipinski definition) is 0. The zero-order valence-corrected chi connectivity index (χ0v) is 37.8. The van der Waals surface area contributed by atoms with Gasteiger partial charge in [-0.05, 0) is 109 Å². The molecule has 8 rings (SSSR count). The van der Waals surface area contributed by atoms with E-state index in [4.69, 9.17) is 0 Å². The Morgan fingerprint density at radius 3 is 1.29 bits per heavy atom. The lowest BCUT2D eigenvalue weighted by Gasteiger charge is -2.11. The molecule has 58 heavy (non-hydrogen) atoms. The lowest BCUT2D eigenvalue weighted by Crippen LogP contribution is -1.99. The quantitative estimate of drug-likeness (QED) is 0.0676. The van der Waals surface area contributed by atoms with Crippen LogP contribution in [0.25, 0.3) is 73.2 Å². The summed E-state index contributed by atoms with van der Waals surface area (Å²) >= 11 is 6.97. The summed E-state index contributed by atoms with van der Waals surface area (Å²) in [6, 6.07) is 20.9. The molecule has 0 amide bonds. The van der Waals surface area contributed by atoms with Crippen molar-refractivity contribution in [2.24, 2.45) is 0 Å². The summed E-state index contributed by atoms with van der Waals surface area (Å²) in [7, 11) is 0. The van der Waals surface area contributed by atoms with Gasteiger partial charge in [0.05, 0.1) is 22.1 Å². The fourth-order valence-electron chi connectivity index (χ4n) is 8.68. The van der Waals surface area contributed by atoms with Gasteiger partial charge in [-0.3, -0.25) is 0 Å². The Balaban J connectivity index is 1.29. The standard InChI is InChI=1S/C50H56F2N2S4/c1-5-9-13-15-19-33-27-45(57-49(33)43-21-17-25-55-43)35-31-41-37(29-39(35)51)47-48(53(41)23-11-7-3)38-30-40(52)36(32-42(38)54(47)24-12-8-4)46-28-34(20-16-14-10-6-2)50(58-46)44-22-18-26-56-44/h17-18,21-22,25-32H,5-16,19-20,23-24H2,1-4H3. The molecule has 8 aromatic rings. The van der Waals surface area contributed by atoms with Gasteiger partial charge < -0.3 is 9.13 Å². The van der Waals surface area contributed by atoms with Crippen LogP contribution in [-0.4, -0.2) is 9.13 Å². The second-order valence-electron chi connectivity index (χ2n) is 15.9. The molecule has 304 valence electrons. The van der Waals surface area contributed by atoms with Gasteiger partial charge in [0.15, 0.2) is 0 Å². The first-order chi connectivity index (χ1) is 28.4. The molecular formula is C50H56F2N2S4. The van der Waals surface area contributed by atoms with Crippen LogP contribution in [0.2, 0.25) is 0 Å². The predicted octanol–water partition coefficient (Wildman–Crippen LogP) is 17.8. The second kappa shape index (κ2) is 18.8. The maximum Gasteiger partial charge on any atom is 0.132 e. The summed E-state index contributed by atoms with van der Waals surface area (Å²) in [5, 5.41) is 6.10. The minimum atomic E-state index is -0.191. The maximum atomic E-state index is 16.8. The Kier molecular flexibility index (Phi) is 13.3. The molecule has 0 atom stereocenters. The van der Waals surface area contributed by atoms with Gasteiger partial charge in [0, 0.05) is 64.3 Å². The zero-order valence-electron chi connectivity index (χ0n) is 34.5. The van der Waals surface area contributed by atoms with Crippen molar-refractivity contribution < 1.29 is 8.78 Å². The van der Waals surface area contributed by atoms with Gasteiger partial charge in [0.25, 0.3) is 0 Å². The van der Waals surface area contributed by atoms with E-state index in [9.17, 15) is 0 Å². The molecule has 0 fully saturated rings. The van der Waals surface area contributed by atoms with Crippen molar-refractivity contribution in [3.63, 3.8) is 0 Å². The Labute approximate surface area is 359 Å². The lowest BCUT2D eigenvalue weighted by molar-refractivity contribution is 0.632. The molecule has 6 aromatic heterocycles. The van der Waals surface area contributed by atoms with E-state index in [0.717, 1.165) is 107 Å². The van der Waals surface area contributed by atoms with Crippen LogP contribution in [0.3, 0.4) is 0 Å². The van der Waals surface area contributed by atoms with Gasteiger partial charge in [-0.15, -0.1) is 45.3 Å².